The third kappa shape index (κ3) is 4.73. The van der Waals surface area contributed by atoms with Crippen LogP contribution in [0.15, 0.2) is 18.2 Å². The molecular weight excluding hydrogens is 287 g/mol. The normalized spacial score (nSPS) is 10.1. The van der Waals surface area contributed by atoms with Gasteiger partial charge in [-0.25, -0.2) is 0 Å². The van der Waals surface area contributed by atoms with Crippen molar-refractivity contribution < 1.29 is 9.59 Å². The number of halogens is 2. The van der Waals surface area contributed by atoms with Crippen molar-refractivity contribution in [2.24, 2.45) is 0 Å². The largest absolute Gasteiger partial charge is 0.334 e. The van der Waals surface area contributed by atoms with E-state index in [4.69, 9.17) is 23.2 Å². The molecule has 0 fully saturated rings. The van der Waals surface area contributed by atoms with Crippen LogP contribution < -0.4 is 5.32 Å². The number of amides is 2. The lowest BCUT2D eigenvalue weighted by Gasteiger charge is -2.19. The highest BCUT2D eigenvalue weighted by Crippen LogP contribution is 2.29. The fraction of sp³-hybridized carbons (Fsp3) is 0.385. The first-order chi connectivity index (χ1) is 8.95. The van der Waals surface area contributed by atoms with Gasteiger partial charge >= 0.3 is 0 Å². The molecule has 0 saturated heterocycles. The van der Waals surface area contributed by atoms with Crippen LogP contribution >= 0.6 is 23.2 Å². The van der Waals surface area contributed by atoms with E-state index in [0.717, 1.165) is 6.42 Å². The van der Waals surface area contributed by atoms with Crippen LogP contribution in [0.2, 0.25) is 10.0 Å². The lowest BCUT2D eigenvalue weighted by atomic mass is 10.3. The molecule has 0 saturated carbocycles. The maximum Gasteiger partial charge on any atom is 0.244 e. The van der Waals surface area contributed by atoms with Crippen LogP contribution in [-0.2, 0) is 9.59 Å². The number of carbonyl (C=O) groups excluding carboxylic acids is 2. The number of benzene rings is 1. The minimum atomic E-state index is -0.298. The second-order valence-corrected chi connectivity index (χ2v) is 4.88. The monoisotopic (exact) mass is 302 g/mol. The van der Waals surface area contributed by atoms with Crippen LogP contribution in [0.25, 0.3) is 0 Å². The summed E-state index contributed by atoms with van der Waals surface area (Å²) < 4.78 is 0. The Morgan fingerprint density at radius 2 is 2.00 bits per heavy atom. The molecule has 0 aromatic heterocycles. The van der Waals surface area contributed by atoms with Gasteiger partial charge in [-0.2, -0.15) is 0 Å². The summed E-state index contributed by atoms with van der Waals surface area (Å²) >= 11 is 11.8. The molecule has 104 valence electrons. The van der Waals surface area contributed by atoms with Gasteiger partial charge in [-0.3, -0.25) is 9.59 Å². The van der Waals surface area contributed by atoms with Crippen molar-refractivity contribution in [2.45, 2.75) is 20.3 Å². The van der Waals surface area contributed by atoms with Gasteiger partial charge in [-0.15, -0.1) is 0 Å². The summed E-state index contributed by atoms with van der Waals surface area (Å²) in [5.74, 6) is -0.429. The summed E-state index contributed by atoms with van der Waals surface area (Å²) in [7, 11) is 0. The third-order valence-corrected chi connectivity index (χ3v) is 3.32. The van der Waals surface area contributed by atoms with Gasteiger partial charge in [0.1, 0.15) is 0 Å². The van der Waals surface area contributed by atoms with E-state index in [-0.39, 0.29) is 18.4 Å². The standard InChI is InChI=1S/C13H16Cl2N2O2/c1-3-7-17(9(2)18)8-12(19)16-11-6-4-5-10(14)13(11)15/h4-6H,3,7-8H2,1-2H3,(H,16,19). The second-order valence-electron chi connectivity index (χ2n) is 4.09. The molecule has 1 N–H and O–H groups in total. The van der Waals surface area contributed by atoms with Gasteiger partial charge in [0.25, 0.3) is 0 Å². The molecule has 0 aliphatic carbocycles. The van der Waals surface area contributed by atoms with Crippen molar-refractivity contribution in [3.63, 3.8) is 0 Å². The molecule has 0 radical (unpaired) electrons. The van der Waals surface area contributed by atoms with Gasteiger partial charge in [-0.1, -0.05) is 36.2 Å². The number of hydrogen-bond acceptors (Lipinski definition) is 2. The van der Waals surface area contributed by atoms with Gasteiger partial charge < -0.3 is 10.2 Å². The molecule has 0 atom stereocenters. The first-order valence-electron chi connectivity index (χ1n) is 5.95. The van der Waals surface area contributed by atoms with Gasteiger partial charge in [0.15, 0.2) is 0 Å². The highest BCUT2D eigenvalue weighted by Gasteiger charge is 2.14. The van der Waals surface area contributed by atoms with Crippen LogP contribution in [0.3, 0.4) is 0 Å². The average molecular weight is 303 g/mol. The van der Waals surface area contributed by atoms with E-state index in [2.05, 4.69) is 5.32 Å². The molecule has 0 unspecified atom stereocenters. The Bertz CT molecular complexity index is 478. The Morgan fingerprint density at radius 3 is 2.58 bits per heavy atom. The zero-order valence-corrected chi connectivity index (χ0v) is 12.4. The van der Waals surface area contributed by atoms with Crippen molar-refractivity contribution in [1.82, 2.24) is 4.90 Å². The highest BCUT2D eigenvalue weighted by atomic mass is 35.5. The van der Waals surface area contributed by atoms with E-state index in [1.54, 1.807) is 18.2 Å². The lowest BCUT2D eigenvalue weighted by Crippen LogP contribution is -2.37. The zero-order chi connectivity index (χ0) is 14.4. The second kappa shape index (κ2) is 7.36. The molecule has 19 heavy (non-hydrogen) atoms. The number of nitrogens with one attached hydrogen (secondary N) is 1. The SMILES string of the molecule is CCCN(CC(=O)Nc1cccc(Cl)c1Cl)C(C)=O. The van der Waals surface area contributed by atoms with E-state index < -0.39 is 0 Å². The van der Waals surface area contributed by atoms with Crippen LogP contribution in [0, 0.1) is 0 Å². The molecule has 1 aromatic rings. The van der Waals surface area contributed by atoms with Crippen molar-refractivity contribution in [1.29, 1.82) is 0 Å². The molecule has 0 heterocycles. The van der Waals surface area contributed by atoms with Gasteiger partial charge in [0.2, 0.25) is 11.8 Å². The van der Waals surface area contributed by atoms with Crippen LogP contribution in [-0.4, -0.2) is 29.8 Å². The van der Waals surface area contributed by atoms with Gasteiger partial charge in [0, 0.05) is 13.5 Å². The van der Waals surface area contributed by atoms with Crippen LogP contribution in [0.4, 0.5) is 5.69 Å². The Hall–Kier alpha value is -1.26. The Labute approximate surface area is 122 Å². The van der Waals surface area contributed by atoms with Crippen molar-refractivity contribution >= 4 is 40.7 Å². The number of anilines is 1. The molecule has 1 rings (SSSR count). The summed E-state index contributed by atoms with van der Waals surface area (Å²) in [4.78, 5) is 24.7. The minimum absolute atomic E-state index is 0.00597. The molecule has 0 aliphatic heterocycles. The zero-order valence-electron chi connectivity index (χ0n) is 10.9. The molecule has 4 nitrogen and oxygen atoms in total. The fourth-order valence-electron chi connectivity index (χ4n) is 1.58. The first-order valence-corrected chi connectivity index (χ1v) is 6.70. The summed E-state index contributed by atoms with van der Waals surface area (Å²) in [6.45, 7) is 3.94. The predicted molar refractivity (Wildman–Crippen MR) is 77.6 cm³/mol. The Balaban J connectivity index is 2.69. The average Bonchev–Trinajstić information content (AvgIpc) is 2.34. The quantitative estimate of drug-likeness (QED) is 0.908. The highest BCUT2D eigenvalue weighted by molar-refractivity contribution is 6.44. The van der Waals surface area contributed by atoms with Crippen molar-refractivity contribution in [3.8, 4) is 0 Å². The van der Waals surface area contributed by atoms with E-state index in [9.17, 15) is 9.59 Å². The summed E-state index contributed by atoms with van der Waals surface area (Å²) in [5, 5.41) is 3.31. The van der Waals surface area contributed by atoms with Crippen LogP contribution in [0.1, 0.15) is 20.3 Å². The molecular formula is C13H16Cl2N2O2. The minimum Gasteiger partial charge on any atom is -0.334 e. The van der Waals surface area contributed by atoms with Crippen molar-refractivity contribution in [3.05, 3.63) is 28.2 Å². The molecule has 6 heteroatoms. The predicted octanol–water partition coefficient (Wildman–Crippen LogP) is 3.19. The molecule has 1 aromatic carbocycles. The smallest absolute Gasteiger partial charge is 0.244 e. The van der Waals surface area contributed by atoms with Crippen LogP contribution in [0.5, 0.6) is 0 Å². The molecule has 0 bridgehead atoms. The van der Waals surface area contributed by atoms with Gasteiger partial charge in [-0.05, 0) is 18.6 Å². The maximum atomic E-state index is 11.9. The van der Waals surface area contributed by atoms with E-state index in [1.807, 2.05) is 6.92 Å². The number of nitrogens with zero attached hydrogens (tertiary/aromatic N) is 1. The summed E-state index contributed by atoms with van der Waals surface area (Å²) in [6, 6.07) is 4.99. The summed E-state index contributed by atoms with van der Waals surface area (Å²) in [6.07, 6.45) is 0.796. The first kappa shape index (κ1) is 15.8. The van der Waals surface area contributed by atoms with Crippen molar-refractivity contribution in [2.75, 3.05) is 18.4 Å². The van der Waals surface area contributed by atoms with E-state index in [1.165, 1.54) is 11.8 Å². The molecule has 0 aliphatic rings. The maximum absolute atomic E-state index is 11.9. The molecule has 0 spiro atoms. The fourth-order valence-corrected chi connectivity index (χ4v) is 1.93. The molecule has 2 amide bonds. The lowest BCUT2D eigenvalue weighted by molar-refractivity contribution is -0.132. The van der Waals surface area contributed by atoms with E-state index >= 15 is 0 Å². The number of rotatable bonds is 5. The number of carbonyl (C=O) groups is 2. The Kier molecular flexibility index (Phi) is 6.12. The number of hydrogen-bond donors (Lipinski definition) is 1. The topological polar surface area (TPSA) is 49.4 Å². The van der Waals surface area contributed by atoms with E-state index in [0.29, 0.717) is 22.3 Å². The third-order valence-electron chi connectivity index (χ3n) is 2.50. The Morgan fingerprint density at radius 1 is 1.32 bits per heavy atom. The van der Waals surface area contributed by atoms with Gasteiger partial charge in [0.05, 0.1) is 22.3 Å². The summed E-state index contributed by atoms with van der Waals surface area (Å²) in [5.41, 5.74) is 0.444.